The van der Waals surface area contributed by atoms with Crippen molar-refractivity contribution in [2.24, 2.45) is 11.8 Å². The third-order valence-electron chi connectivity index (χ3n) is 8.61. The molecule has 0 spiro atoms. The molecule has 32 heavy (non-hydrogen) atoms. The molecule has 2 heteroatoms. The Morgan fingerprint density at radius 3 is 1.34 bits per heavy atom. The van der Waals surface area contributed by atoms with E-state index in [1.54, 1.807) is 33.4 Å². The molecule has 2 saturated carbocycles. The van der Waals surface area contributed by atoms with Crippen molar-refractivity contribution in [3.8, 4) is 0 Å². The maximum absolute atomic E-state index is 2.70. The summed E-state index contributed by atoms with van der Waals surface area (Å²) in [7, 11) is 0. The number of fused-ring (bicyclic) bond motifs is 2. The Hall–Kier alpha value is -0.993. The number of hydrogen-bond acceptors (Lipinski definition) is 0. The van der Waals surface area contributed by atoms with E-state index in [4.69, 9.17) is 0 Å². The first-order chi connectivity index (χ1) is 15.4. The molecule has 2 fully saturated rings. The van der Waals surface area contributed by atoms with Gasteiger partial charge in [-0.1, -0.05) is 0 Å². The van der Waals surface area contributed by atoms with Crippen molar-refractivity contribution in [1.29, 1.82) is 0 Å². The van der Waals surface area contributed by atoms with Gasteiger partial charge in [-0.2, -0.15) is 0 Å². The van der Waals surface area contributed by atoms with Crippen LogP contribution in [0.25, 0.3) is 12.2 Å². The fourth-order valence-corrected chi connectivity index (χ4v) is 36.4. The molecule has 0 N–H and O–H groups in total. The van der Waals surface area contributed by atoms with Crippen molar-refractivity contribution in [3.63, 3.8) is 0 Å². The topological polar surface area (TPSA) is 0 Å². The van der Waals surface area contributed by atoms with Crippen LogP contribution in [-0.4, -0.2) is 5.49 Å². The van der Waals surface area contributed by atoms with Crippen LogP contribution in [0.3, 0.4) is 0 Å². The van der Waals surface area contributed by atoms with E-state index in [1.165, 1.54) is 36.8 Å². The average Bonchev–Trinajstić information content (AvgIpc) is 3.69. The number of aryl methyl sites for hydroxylation is 4. The van der Waals surface area contributed by atoms with Gasteiger partial charge in [0.2, 0.25) is 0 Å². The minimum atomic E-state index is -2.18. The standard InChI is InChI=1S/2C14H15.C2H6Si.Hf/c2*1-9-3-4-10(2)14-8-12(7-13(9)14)11-5-6-11;1-3-2;/h2*3-4,7-8,11H,5-6H2,1-2H3;1-2H3;. The molecule has 4 aliphatic rings. The third kappa shape index (κ3) is 3.30. The molecule has 2 aromatic carbocycles. The molecule has 0 heterocycles. The second-order valence-corrected chi connectivity index (χ2v) is 36.1. The molecule has 0 nitrogen and oxygen atoms in total. The summed E-state index contributed by atoms with van der Waals surface area (Å²) in [5, 5.41) is 0. The molecule has 0 saturated heterocycles. The summed E-state index contributed by atoms with van der Waals surface area (Å²) >= 11 is -2.18. The summed E-state index contributed by atoms with van der Waals surface area (Å²) in [6.07, 6.45) is 11.2. The van der Waals surface area contributed by atoms with Crippen LogP contribution in [0, 0.1) is 39.5 Å². The van der Waals surface area contributed by atoms with Crippen molar-refractivity contribution in [3.05, 3.63) is 79.9 Å². The van der Waals surface area contributed by atoms with Crippen molar-refractivity contribution < 1.29 is 20.1 Å². The summed E-state index contributed by atoms with van der Waals surface area (Å²) in [5.74, 6) is 1.78. The second kappa shape index (κ2) is 7.77. The summed E-state index contributed by atoms with van der Waals surface area (Å²) in [5.41, 5.74) is 16.4. The Morgan fingerprint density at radius 2 is 1.00 bits per heavy atom. The van der Waals surface area contributed by atoms with Gasteiger partial charge < -0.3 is 0 Å². The van der Waals surface area contributed by atoms with Crippen LogP contribution in [-0.2, 0) is 20.1 Å². The SMILES string of the molecule is Cc1ccc(C)c2c1C=C(C1CC1)[CH]2[Hf]([CH]1C(C2CC2)=Cc2c(C)ccc(C)c21)=[Si](C)C. The average molecular weight is 603 g/mol. The van der Waals surface area contributed by atoms with Gasteiger partial charge in [-0.25, -0.2) is 0 Å². The first kappa shape index (κ1) is 21.5. The van der Waals surface area contributed by atoms with Crippen LogP contribution in [0.15, 0.2) is 35.4 Å². The normalized spacial score (nSPS) is 23.6. The Bertz CT molecular complexity index is 1150. The summed E-state index contributed by atoms with van der Waals surface area (Å²) < 4.78 is 1.67. The number of hydrogen-bond donors (Lipinski definition) is 0. The van der Waals surface area contributed by atoms with E-state index in [1.807, 2.05) is 11.1 Å². The van der Waals surface area contributed by atoms with Gasteiger partial charge in [0.15, 0.2) is 0 Å². The van der Waals surface area contributed by atoms with Crippen LogP contribution < -0.4 is 0 Å². The predicted molar refractivity (Wildman–Crippen MR) is 136 cm³/mol. The molecule has 4 aliphatic carbocycles. The van der Waals surface area contributed by atoms with Crippen molar-refractivity contribution in [1.82, 2.24) is 0 Å². The zero-order valence-electron chi connectivity index (χ0n) is 20.6. The van der Waals surface area contributed by atoms with E-state index >= 15 is 0 Å². The second-order valence-electron chi connectivity index (χ2n) is 11.2. The molecule has 0 amide bonds. The van der Waals surface area contributed by atoms with E-state index in [-0.39, 0.29) is 5.49 Å². The monoisotopic (exact) mass is 604 g/mol. The first-order valence-electron chi connectivity index (χ1n) is 12.7. The molecule has 0 aliphatic heterocycles. The molecule has 2 unspecified atom stereocenters. The van der Waals surface area contributed by atoms with Crippen LogP contribution in [0.4, 0.5) is 0 Å². The van der Waals surface area contributed by atoms with Gasteiger partial charge in [-0.05, 0) is 0 Å². The van der Waals surface area contributed by atoms with E-state index in [9.17, 15) is 0 Å². The van der Waals surface area contributed by atoms with Gasteiger partial charge in [-0.3, -0.25) is 0 Å². The van der Waals surface area contributed by atoms with E-state index in [2.05, 4.69) is 77.2 Å². The van der Waals surface area contributed by atoms with Gasteiger partial charge >= 0.3 is 203 Å². The Labute approximate surface area is 202 Å². The van der Waals surface area contributed by atoms with E-state index < -0.39 is 20.1 Å². The molecule has 2 aromatic rings. The molecular formula is C30H36HfSi. The summed E-state index contributed by atoms with van der Waals surface area (Å²) in [4.78, 5) is 0. The van der Waals surface area contributed by atoms with Gasteiger partial charge in [0, 0.05) is 0 Å². The van der Waals surface area contributed by atoms with Gasteiger partial charge in [0.1, 0.15) is 0 Å². The number of rotatable bonds is 4. The van der Waals surface area contributed by atoms with Crippen molar-refractivity contribution >= 4 is 17.6 Å². The van der Waals surface area contributed by atoms with Gasteiger partial charge in [-0.15, -0.1) is 0 Å². The Morgan fingerprint density at radius 1 is 0.625 bits per heavy atom. The van der Waals surface area contributed by atoms with Gasteiger partial charge in [0.25, 0.3) is 0 Å². The molecule has 0 radical (unpaired) electrons. The molecule has 164 valence electrons. The van der Waals surface area contributed by atoms with Crippen molar-refractivity contribution in [2.75, 3.05) is 0 Å². The molecular weight excluding hydrogens is 567 g/mol. The first-order valence-corrected chi connectivity index (χ1v) is 24.7. The molecule has 6 rings (SSSR count). The quantitative estimate of drug-likeness (QED) is 0.310. The van der Waals surface area contributed by atoms with E-state index in [0.717, 1.165) is 19.2 Å². The molecule has 0 bridgehead atoms. The number of allylic oxidation sites excluding steroid dienone is 2. The van der Waals surface area contributed by atoms with Crippen LogP contribution >= 0.6 is 0 Å². The van der Waals surface area contributed by atoms with Crippen molar-refractivity contribution in [2.45, 2.75) is 73.8 Å². The van der Waals surface area contributed by atoms with Crippen LogP contribution in [0.5, 0.6) is 0 Å². The third-order valence-corrected chi connectivity index (χ3v) is 35.9. The van der Waals surface area contributed by atoms with E-state index in [0.29, 0.717) is 0 Å². The Balaban J connectivity index is 1.60. The summed E-state index contributed by atoms with van der Waals surface area (Å²) in [6.45, 7) is 14.9. The minimum absolute atomic E-state index is 0.325. The summed E-state index contributed by atoms with van der Waals surface area (Å²) in [6, 6.07) is 9.61. The predicted octanol–water partition coefficient (Wildman–Crippen LogP) is 8.19. The molecule has 2 atom stereocenters. The number of benzene rings is 2. The zero-order valence-corrected chi connectivity index (χ0v) is 25.2. The Kier molecular flexibility index (Phi) is 5.23. The van der Waals surface area contributed by atoms with Gasteiger partial charge in [0.05, 0.1) is 0 Å². The fourth-order valence-electron chi connectivity index (χ4n) is 6.65. The van der Waals surface area contributed by atoms with Crippen LogP contribution in [0.2, 0.25) is 13.1 Å². The zero-order chi connectivity index (χ0) is 22.3. The maximum atomic E-state index is 2.70. The molecule has 0 aromatic heterocycles. The fraction of sp³-hybridized carbons (Fsp3) is 0.467. The van der Waals surface area contributed by atoms with Crippen LogP contribution in [0.1, 0.15) is 77.5 Å².